The molecule has 1 aliphatic heterocycles. The third-order valence-corrected chi connectivity index (χ3v) is 4.31. The maximum atomic E-state index is 11.9. The van der Waals surface area contributed by atoms with Gasteiger partial charge in [0.2, 0.25) is 0 Å². The lowest BCUT2D eigenvalue weighted by atomic mass is 10.1. The molecule has 1 aromatic rings. The highest BCUT2D eigenvalue weighted by Crippen LogP contribution is 2.36. The first-order chi connectivity index (χ1) is 10.8. The summed E-state index contributed by atoms with van der Waals surface area (Å²) >= 11 is 1.58. The van der Waals surface area contributed by atoms with Crippen molar-refractivity contribution in [3.63, 3.8) is 0 Å². The molecule has 0 spiro atoms. The van der Waals surface area contributed by atoms with Gasteiger partial charge < -0.3 is 26.9 Å². The summed E-state index contributed by atoms with van der Waals surface area (Å²) in [6.45, 7) is 0. The fourth-order valence-electron chi connectivity index (χ4n) is 2.21. The summed E-state index contributed by atoms with van der Waals surface area (Å²) in [6.07, 6.45) is -1.20. The van der Waals surface area contributed by atoms with E-state index in [1.165, 1.54) is 13.3 Å². The summed E-state index contributed by atoms with van der Waals surface area (Å²) < 4.78 is 27.9. The Hall–Kier alpha value is -0.820. The summed E-state index contributed by atoms with van der Waals surface area (Å²) in [6, 6.07) is 1.13. The third-order valence-electron chi connectivity index (χ3n) is 3.18. The lowest BCUT2D eigenvalue weighted by Gasteiger charge is -2.25. The van der Waals surface area contributed by atoms with Crippen LogP contribution < -0.4 is 21.0 Å². The SMILES string of the molecule is COC1C(OI)C(/C=C/P(=O)([O-])[O-])OC1n1ccc(=O)[nH]c1=O. The quantitative estimate of drug-likeness (QED) is 0.420. The number of hydrogen-bond acceptors (Lipinski definition) is 8. The average Bonchev–Trinajstić information content (AvgIpc) is 2.81. The first kappa shape index (κ1) is 18.5. The predicted octanol–water partition coefficient (Wildman–Crippen LogP) is -1.39. The molecule has 0 bridgehead atoms. The number of hydrogen-bond donors (Lipinski definition) is 1. The standard InChI is InChI=1S/C11H14IN2O8P/c1-20-9-8(22-12)6(3-5-23(17,18)19)21-10(9)14-4-2-7(15)13-11(14)16/h2-6,8-10H,1H3,(H,13,15,16)(H2,17,18,19)/p-2/b5-3+. The summed E-state index contributed by atoms with van der Waals surface area (Å²) in [5, 5.41) is 0. The van der Waals surface area contributed by atoms with E-state index in [1.54, 1.807) is 23.0 Å². The predicted molar refractivity (Wildman–Crippen MR) is 81.7 cm³/mol. The Morgan fingerprint density at radius 2 is 2.13 bits per heavy atom. The van der Waals surface area contributed by atoms with Crippen LogP contribution in [0.2, 0.25) is 0 Å². The molecule has 0 saturated carbocycles. The third kappa shape index (κ3) is 4.38. The Labute approximate surface area is 143 Å². The van der Waals surface area contributed by atoms with Crippen molar-refractivity contribution in [2.45, 2.75) is 24.5 Å². The number of methoxy groups -OCH3 is 1. The summed E-state index contributed by atoms with van der Waals surface area (Å²) in [4.78, 5) is 46.6. The van der Waals surface area contributed by atoms with E-state index in [0.717, 1.165) is 16.7 Å². The molecule has 1 fully saturated rings. The van der Waals surface area contributed by atoms with Crippen LogP contribution in [0.3, 0.4) is 0 Å². The highest BCUT2D eigenvalue weighted by Gasteiger charge is 2.46. The second-order valence-electron chi connectivity index (χ2n) is 4.64. The Morgan fingerprint density at radius 3 is 2.65 bits per heavy atom. The summed E-state index contributed by atoms with van der Waals surface area (Å²) in [5.74, 6) is 0.477. The van der Waals surface area contributed by atoms with Gasteiger partial charge >= 0.3 is 5.69 Å². The van der Waals surface area contributed by atoms with Crippen LogP contribution in [0.1, 0.15) is 6.23 Å². The zero-order valence-corrected chi connectivity index (χ0v) is 14.7. The van der Waals surface area contributed by atoms with E-state index < -0.39 is 43.4 Å². The normalized spacial score (nSPS) is 28.5. The molecule has 0 aliphatic carbocycles. The number of aromatic amines is 1. The number of rotatable bonds is 5. The Balaban J connectivity index is 2.37. The largest absolute Gasteiger partial charge is 0.808 e. The fraction of sp³-hybridized carbons (Fsp3) is 0.455. The number of halogens is 1. The molecule has 23 heavy (non-hydrogen) atoms. The van der Waals surface area contributed by atoms with Gasteiger partial charge in [0.15, 0.2) is 6.23 Å². The molecule has 4 atom stereocenters. The number of ether oxygens (including phenoxy) is 2. The van der Waals surface area contributed by atoms with Gasteiger partial charge in [0.25, 0.3) is 5.56 Å². The topological polar surface area (TPSA) is 146 Å². The van der Waals surface area contributed by atoms with Crippen molar-refractivity contribution in [2.75, 3.05) is 7.11 Å². The van der Waals surface area contributed by atoms with Crippen molar-refractivity contribution >= 4 is 30.6 Å². The molecule has 2 heterocycles. The second-order valence-corrected chi connectivity index (χ2v) is 6.53. The average molecular weight is 458 g/mol. The van der Waals surface area contributed by atoms with Gasteiger partial charge in [0.05, 0.1) is 0 Å². The van der Waals surface area contributed by atoms with Crippen molar-refractivity contribution in [2.24, 2.45) is 0 Å². The molecular formula is C11H12IN2O8P-2. The highest BCUT2D eigenvalue weighted by atomic mass is 127. The molecule has 0 amide bonds. The van der Waals surface area contributed by atoms with Crippen LogP contribution in [0.5, 0.6) is 0 Å². The van der Waals surface area contributed by atoms with Crippen LogP contribution in [-0.4, -0.2) is 35.0 Å². The van der Waals surface area contributed by atoms with Crippen molar-refractivity contribution in [1.82, 2.24) is 9.55 Å². The van der Waals surface area contributed by atoms with Crippen LogP contribution in [0, 0.1) is 0 Å². The molecule has 1 aliphatic rings. The fourth-order valence-corrected chi connectivity index (χ4v) is 3.17. The van der Waals surface area contributed by atoms with Crippen LogP contribution in [0.25, 0.3) is 0 Å². The molecular weight excluding hydrogens is 446 g/mol. The summed E-state index contributed by atoms with van der Waals surface area (Å²) in [5.41, 5.74) is -1.30. The number of nitrogens with one attached hydrogen (secondary N) is 1. The minimum atomic E-state index is -4.87. The Bertz CT molecular complexity index is 740. The van der Waals surface area contributed by atoms with Crippen LogP contribution >= 0.6 is 30.6 Å². The number of nitrogens with zero attached hydrogens (tertiary/aromatic N) is 1. The number of H-pyrrole nitrogens is 1. The maximum absolute atomic E-state index is 11.9. The molecule has 0 radical (unpaired) electrons. The molecule has 1 aromatic heterocycles. The zero-order valence-electron chi connectivity index (χ0n) is 11.7. The van der Waals surface area contributed by atoms with E-state index in [4.69, 9.17) is 12.5 Å². The highest BCUT2D eigenvalue weighted by molar-refractivity contribution is 14.1. The van der Waals surface area contributed by atoms with Crippen LogP contribution in [0.15, 0.2) is 33.7 Å². The molecule has 4 unspecified atom stereocenters. The van der Waals surface area contributed by atoms with E-state index in [1.807, 2.05) is 0 Å². The lowest BCUT2D eigenvalue weighted by Crippen LogP contribution is -2.38. The minimum absolute atomic E-state index is 0.477. The Kier molecular flexibility index (Phi) is 5.94. The van der Waals surface area contributed by atoms with Gasteiger partial charge in [-0.2, -0.15) is 0 Å². The van der Waals surface area contributed by atoms with Gasteiger partial charge in [-0.1, -0.05) is 11.9 Å². The van der Waals surface area contributed by atoms with Crippen LogP contribution in [-0.2, 0) is 17.1 Å². The van der Waals surface area contributed by atoms with Gasteiger partial charge in [-0.3, -0.25) is 14.3 Å². The molecule has 10 nitrogen and oxygen atoms in total. The Morgan fingerprint density at radius 1 is 1.43 bits per heavy atom. The van der Waals surface area contributed by atoms with E-state index in [9.17, 15) is 23.9 Å². The van der Waals surface area contributed by atoms with Crippen molar-refractivity contribution in [3.8, 4) is 0 Å². The minimum Gasteiger partial charge on any atom is -0.808 e. The number of aromatic nitrogens is 2. The first-order valence-electron chi connectivity index (χ1n) is 6.25. The van der Waals surface area contributed by atoms with Crippen molar-refractivity contribution in [1.29, 1.82) is 0 Å². The van der Waals surface area contributed by atoms with Crippen molar-refractivity contribution in [3.05, 3.63) is 45.0 Å². The molecule has 0 aromatic carbocycles. The van der Waals surface area contributed by atoms with Crippen LogP contribution in [0.4, 0.5) is 0 Å². The molecule has 2 rings (SSSR count). The van der Waals surface area contributed by atoms with E-state index in [0.29, 0.717) is 5.82 Å². The van der Waals surface area contributed by atoms with E-state index >= 15 is 0 Å². The van der Waals surface area contributed by atoms with Gasteiger partial charge in [-0.05, 0) is 7.60 Å². The summed E-state index contributed by atoms with van der Waals surface area (Å²) in [7, 11) is -3.51. The van der Waals surface area contributed by atoms with Gasteiger partial charge in [-0.15, -0.1) is 0 Å². The molecule has 128 valence electrons. The monoisotopic (exact) mass is 458 g/mol. The van der Waals surface area contributed by atoms with Crippen molar-refractivity contribution < 1.29 is 26.9 Å². The van der Waals surface area contributed by atoms with E-state index in [2.05, 4.69) is 4.98 Å². The van der Waals surface area contributed by atoms with Gasteiger partial charge in [-0.25, -0.2) is 4.79 Å². The smallest absolute Gasteiger partial charge is 0.330 e. The maximum Gasteiger partial charge on any atom is 0.330 e. The van der Waals surface area contributed by atoms with Gasteiger partial charge in [0.1, 0.15) is 41.3 Å². The van der Waals surface area contributed by atoms with Gasteiger partial charge in [0, 0.05) is 19.4 Å². The zero-order chi connectivity index (χ0) is 17.2. The van der Waals surface area contributed by atoms with E-state index in [-0.39, 0.29) is 0 Å². The molecule has 1 saturated heterocycles. The second kappa shape index (κ2) is 7.38. The molecule has 1 N–H and O–H groups in total. The first-order valence-corrected chi connectivity index (χ1v) is 8.74. The molecule has 12 heteroatoms. The lowest BCUT2D eigenvalue weighted by molar-refractivity contribution is -0.308.